The number of nitrogens with zero attached hydrogens (tertiary/aromatic N) is 3. The number of H-pyrrole nitrogens is 1. The Bertz CT molecular complexity index is 983. The predicted molar refractivity (Wildman–Crippen MR) is 107 cm³/mol. The average Bonchev–Trinajstić information content (AvgIpc) is 3.01. The quantitative estimate of drug-likeness (QED) is 0.454. The lowest BCUT2D eigenvalue weighted by Crippen LogP contribution is -2.02. The van der Waals surface area contributed by atoms with Gasteiger partial charge in [-0.3, -0.25) is 5.10 Å². The zero-order valence-corrected chi connectivity index (χ0v) is 16.4. The molecule has 0 bridgehead atoms. The largest absolute Gasteiger partial charge is 0.504 e. The molecule has 26 heavy (non-hydrogen) atoms. The summed E-state index contributed by atoms with van der Waals surface area (Å²) < 4.78 is 7.88. The molecule has 134 valence electrons. The molecule has 0 aliphatic carbocycles. The summed E-state index contributed by atoms with van der Waals surface area (Å²) in [6.07, 6.45) is 3.04. The van der Waals surface area contributed by atoms with Gasteiger partial charge in [0.25, 0.3) is 0 Å². The van der Waals surface area contributed by atoms with Gasteiger partial charge in [-0.1, -0.05) is 46.3 Å². The number of hydrogen-bond acceptors (Lipinski definition) is 5. The van der Waals surface area contributed by atoms with E-state index < -0.39 is 0 Å². The van der Waals surface area contributed by atoms with Crippen molar-refractivity contribution in [2.24, 2.45) is 5.10 Å². The number of rotatable bonds is 6. The van der Waals surface area contributed by atoms with Crippen molar-refractivity contribution in [3.63, 3.8) is 0 Å². The molecule has 6 nitrogen and oxygen atoms in total. The third-order valence-electron chi connectivity index (χ3n) is 3.80. The van der Waals surface area contributed by atoms with Crippen LogP contribution in [-0.4, -0.2) is 33.3 Å². The highest BCUT2D eigenvalue weighted by Gasteiger charge is 2.09. The van der Waals surface area contributed by atoms with Crippen molar-refractivity contribution >= 4 is 34.4 Å². The first-order valence-corrected chi connectivity index (χ1v) is 9.09. The number of phenols is 1. The maximum Gasteiger partial charge on any atom is 0.216 e. The van der Waals surface area contributed by atoms with Gasteiger partial charge in [0.15, 0.2) is 17.3 Å². The molecule has 0 amide bonds. The van der Waals surface area contributed by atoms with E-state index in [0.29, 0.717) is 22.5 Å². The molecular weight excluding hydrogens is 416 g/mol. The average molecular weight is 433 g/mol. The van der Waals surface area contributed by atoms with Gasteiger partial charge in [-0.05, 0) is 36.3 Å². The third kappa shape index (κ3) is 4.20. The molecule has 0 atom stereocenters. The summed E-state index contributed by atoms with van der Waals surface area (Å²) in [7, 11) is 1.50. The lowest BCUT2D eigenvalue weighted by Gasteiger charge is -2.07. The first kappa shape index (κ1) is 18.3. The molecule has 8 heteroatoms. The van der Waals surface area contributed by atoms with Crippen LogP contribution in [0.1, 0.15) is 17.0 Å². The van der Waals surface area contributed by atoms with Gasteiger partial charge >= 0.3 is 0 Å². The van der Waals surface area contributed by atoms with Crippen LogP contribution in [0.15, 0.2) is 52.0 Å². The van der Waals surface area contributed by atoms with Crippen LogP contribution in [0.25, 0.3) is 0 Å². The summed E-state index contributed by atoms with van der Waals surface area (Å²) in [6, 6.07) is 13.6. The van der Waals surface area contributed by atoms with Gasteiger partial charge < -0.3 is 9.84 Å². The van der Waals surface area contributed by atoms with Gasteiger partial charge in [0.2, 0.25) is 4.77 Å². The Morgan fingerprint density at radius 2 is 2.08 bits per heavy atom. The fraction of sp³-hybridized carbons (Fsp3) is 0.167. The van der Waals surface area contributed by atoms with Crippen LogP contribution in [0, 0.1) is 4.77 Å². The summed E-state index contributed by atoms with van der Waals surface area (Å²) >= 11 is 8.65. The second-order valence-corrected chi connectivity index (χ2v) is 6.84. The van der Waals surface area contributed by atoms with Crippen molar-refractivity contribution in [1.29, 1.82) is 0 Å². The third-order valence-corrected chi connectivity index (χ3v) is 4.52. The highest BCUT2D eigenvalue weighted by Crippen LogP contribution is 2.32. The Morgan fingerprint density at radius 1 is 1.31 bits per heavy atom. The van der Waals surface area contributed by atoms with Crippen molar-refractivity contribution in [2.75, 3.05) is 7.11 Å². The first-order chi connectivity index (χ1) is 12.6. The van der Waals surface area contributed by atoms with Gasteiger partial charge in [0, 0.05) is 16.5 Å². The zero-order valence-electron chi connectivity index (χ0n) is 14.0. The van der Waals surface area contributed by atoms with E-state index in [-0.39, 0.29) is 5.75 Å². The number of aromatic amines is 1. The van der Waals surface area contributed by atoms with Crippen LogP contribution in [0.2, 0.25) is 0 Å². The highest BCUT2D eigenvalue weighted by atomic mass is 79.9. The molecule has 3 rings (SSSR count). The summed E-state index contributed by atoms with van der Waals surface area (Å²) in [6.45, 7) is 0. The minimum absolute atomic E-state index is 0.0142. The number of aryl methyl sites for hydroxylation is 2. The topological polar surface area (TPSA) is 75.4 Å². The van der Waals surface area contributed by atoms with Crippen LogP contribution in [0.5, 0.6) is 11.5 Å². The minimum Gasteiger partial charge on any atom is -0.504 e. The number of halogens is 1. The van der Waals surface area contributed by atoms with Crippen molar-refractivity contribution in [2.45, 2.75) is 12.8 Å². The van der Waals surface area contributed by atoms with Gasteiger partial charge in [0.05, 0.1) is 13.3 Å². The lowest BCUT2D eigenvalue weighted by molar-refractivity contribution is 0.373. The highest BCUT2D eigenvalue weighted by molar-refractivity contribution is 9.10. The Hall–Kier alpha value is -2.45. The Balaban J connectivity index is 1.84. The second-order valence-electron chi connectivity index (χ2n) is 5.53. The van der Waals surface area contributed by atoms with E-state index >= 15 is 0 Å². The monoisotopic (exact) mass is 432 g/mol. The van der Waals surface area contributed by atoms with E-state index in [1.54, 1.807) is 16.8 Å². The molecule has 0 saturated carbocycles. The Morgan fingerprint density at radius 3 is 2.81 bits per heavy atom. The molecule has 0 fully saturated rings. The number of methoxy groups -OCH3 is 1. The molecule has 2 N–H and O–H groups in total. The number of aromatic hydroxyl groups is 1. The maximum atomic E-state index is 10.2. The second kappa shape index (κ2) is 8.29. The summed E-state index contributed by atoms with van der Waals surface area (Å²) in [4.78, 5) is 0. The van der Waals surface area contributed by atoms with Crippen molar-refractivity contribution in [1.82, 2.24) is 14.9 Å². The van der Waals surface area contributed by atoms with Crippen molar-refractivity contribution < 1.29 is 9.84 Å². The Kier molecular flexibility index (Phi) is 5.85. The zero-order chi connectivity index (χ0) is 18.5. The molecular formula is C18H17BrN4O2S. The number of aromatic nitrogens is 3. The van der Waals surface area contributed by atoms with Gasteiger partial charge in [-0.15, -0.1) is 0 Å². The molecule has 0 unspecified atom stereocenters. The predicted octanol–water partition coefficient (Wildman–Crippen LogP) is 4.08. The van der Waals surface area contributed by atoms with E-state index in [1.807, 2.05) is 18.2 Å². The minimum atomic E-state index is 0.0142. The van der Waals surface area contributed by atoms with E-state index in [9.17, 15) is 5.11 Å². The van der Waals surface area contributed by atoms with Crippen LogP contribution in [0.4, 0.5) is 0 Å². The number of phenolic OH excluding ortho intramolecular Hbond substituents is 1. The van der Waals surface area contributed by atoms with Gasteiger partial charge in [0.1, 0.15) is 0 Å². The van der Waals surface area contributed by atoms with Crippen LogP contribution in [0.3, 0.4) is 0 Å². The van der Waals surface area contributed by atoms with Gasteiger partial charge in [-0.2, -0.15) is 14.9 Å². The molecule has 0 spiro atoms. The van der Waals surface area contributed by atoms with Crippen molar-refractivity contribution in [3.8, 4) is 11.5 Å². The SMILES string of the molecule is COc1cc(Br)cc(/C=N\n2c(CCc3ccccc3)n[nH]c2=S)c1O. The van der Waals surface area contributed by atoms with Crippen LogP contribution < -0.4 is 4.74 Å². The summed E-state index contributed by atoms with van der Waals surface area (Å²) in [5.74, 6) is 1.10. The smallest absolute Gasteiger partial charge is 0.216 e. The number of nitrogens with one attached hydrogen (secondary N) is 1. The van der Waals surface area contributed by atoms with E-state index in [0.717, 1.165) is 16.7 Å². The van der Waals surface area contributed by atoms with Gasteiger partial charge in [-0.25, -0.2) is 0 Å². The molecule has 0 aliphatic heterocycles. The molecule has 0 aliphatic rings. The number of benzene rings is 2. The van der Waals surface area contributed by atoms with E-state index in [1.165, 1.54) is 18.9 Å². The number of ether oxygens (including phenoxy) is 1. The fourth-order valence-corrected chi connectivity index (χ4v) is 3.13. The van der Waals surface area contributed by atoms with Crippen molar-refractivity contribution in [3.05, 3.63) is 68.7 Å². The van der Waals surface area contributed by atoms with E-state index in [4.69, 9.17) is 17.0 Å². The molecule has 2 aromatic carbocycles. The van der Waals surface area contributed by atoms with Crippen LogP contribution in [-0.2, 0) is 12.8 Å². The summed E-state index contributed by atoms with van der Waals surface area (Å²) in [5, 5.41) is 21.6. The fourth-order valence-electron chi connectivity index (χ4n) is 2.47. The lowest BCUT2D eigenvalue weighted by atomic mass is 10.1. The first-order valence-electron chi connectivity index (χ1n) is 7.89. The summed E-state index contributed by atoms with van der Waals surface area (Å²) in [5.41, 5.74) is 1.72. The standard InChI is InChI=1S/C18H17BrN4O2S/c1-25-15-10-14(19)9-13(17(15)24)11-20-23-16(21-22-18(23)26)8-7-12-5-3-2-4-6-12/h2-6,9-11,24H,7-8H2,1H3,(H,22,26)/b20-11-. The molecule has 1 aromatic heterocycles. The molecule has 0 saturated heterocycles. The molecule has 3 aromatic rings. The molecule has 0 radical (unpaired) electrons. The maximum absolute atomic E-state index is 10.2. The molecule has 1 heterocycles. The Labute approximate surface area is 164 Å². The van der Waals surface area contributed by atoms with E-state index in [2.05, 4.69) is 43.4 Å². The van der Waals surface area contributed by atoms with Crippen LogP contribution >= 0.6 is 28.1 Å². The number of hydrogen-bond donors (Lipinski definition) is 2. The normalized spacial score (nSPS) is 11.2.